The largest absolute Gasteiger partial charge is 0.321 e. The Labute approximate surface area is 130 Å². The van der Waals surface area contributed by atoms with E-state index in [-0.39, 0.29) is 10.8 Å². The number of halogens is 1. The zero-order chi connectivity index (χ0) is 15.6. The van der Waals surface area contributed by atoms with Gasteiger partial charge in [-0.1, -0.05) is 0 Å². The molecule has 0 aliphatic rings. The van der Waals surface area contributed by atoms with Gasteiger partial charge in [0.25, 0.3) is 5.91 Å². The fourth-order valence-electron chi connectivity index (χ4n) is 1.75. The number of anilines is 1. The smallest absolute Gasteiger partial charge is 0.275 e. The van der Waals surface area contributed by atoms with Crippen LogP contribution in [0.5, 0.6) is 0 Å². The van der Waals surface area contributed by atoms with Crippen molar-refractivity contribution >= 4 is 37.5 Å². The van der Waals surface area contributed by atoms with Gasteiger partial charge < -0.3 is 5.32 Å². The third kappa shape index (κ3) is 3.49. The van der Waals surface area contributed by atoms with Crippen molar-refractivity contribution in [2.75, 3.05) is 5.32 Å². The summed E-state index contributed by atoms with van der Waals surface area (Å²) in [6.45, 7) is 2.43. The number of benzene rings is 1. The van der Waals surface area contributed by atoms with Crippen molar-refractivity contribution in [1.29, 1.82) is 0 Å². The number of carbonyl (C=O) groups is 1. The van der Waals surface area contributed by atoms with Crippen molar-refractivity contribution in [3.05, 3.63) is 40.6 Å². The number of amides is 1. The minimum Gasteiger partial charge on any atom is -0.321 e. The molecule has 9 heteroatoms. The van der Waals surface area contributed by atoms with Gasteiger partial charge in [-0.2, -0.15) is 5.10 Å². The standard InChI is InChI=1S/C12H13BrN4O3S/c1-2-17-11(10(13)7-15-17)12(18)16-8-3-5-9(6-4-8)21(14,19)20/h3-7H,2H2,1H3,(H,16,18)(H2,14,19,20). The number of aromatic nitrogens is 2. The Kier molecular flexibility index (Phi) is 4.45. The van der Waals surface area contributed by atoms with E-state index in [0.717, 1.165) is 0 Å². The van der Waals surface area contributed by atoms with E-state index in [4.69, 9.17) is 5.14 Å². The molecule has 0 saturated heterocycles. The molecular formula is C12H13BrN4O3S. The minimum atomic E-state index is -3.74. The quantitative estimate of drug-likeness (QED) is 0.848. The number of rotatable bonds is 4. The topological polar surface area (TPSA) is 107 Å². The molecule has 21 heavy (non-hydrogen) atoms. The third-order valence-electron chi connectivity index (χ3n) is 2.75. The number of nitrogens with two attached hydrogens (primary N) is 1. The molecule has 0 aliphatic carbocycles. The molecule has 1 aromatic heterocycles. The summed E-state index contributed by atoms with van der Waals surface area (Å²) >= 11 is 3.27. The fraction of sp³-hybridized carbons (Fsp3) is 0.167. The molecule has 0 unspecified atom stereocenters. The average molecular weight is 373 g/mol. The first-order valence-electron chi connectivity index (χ1n) is 5.98. The van der Waals surface area contributed by atoms with Crippen molar-refractivity contribution in [3.8, 4) is 0 Å². The van der Waals surface area contributed by atoms with Crippen molar-refractivity contribution in [3.63, 3.8) is 0 Å². The molecule has 112 valence electrons. The van der Waals surface area contributed by atoms with Crippen LogP contribution in [0, 0.1) is 0 Å². The lowest BCUT2D eigenvalue weighted by molar-refractivity contribution is 0.101. The van der Waals surface area contributed by atoms with Gasteiger partial charge in [0.05, 0.1) is 15.6 Å². The summed E-state index contributed by atoms with van der Waals surface area (Å²) in [6, 6.07) is 5.60. The van der Waals surface area contributed by atoms with Gasteiger partial charge in [0, 0.05) is 12.2 Å². The molecule has 7 nitrogen and oxygen atoms in total. The Morgan fingerprint density at radius 1 is 1.38 bits per heavy atom. The molecule has 0 radical (unpaired) electrons. The Bertz CT molecular complexity index is 768. The number of nitrogens with one attached hydrogen (secondary N) is 1. The molecule has 1 heterocycles. The van der Waals surface area contributed by atoms with Crippen LogP contribution in [0.2, 0.25) is 0 Å². The Morgan fingerprint density at radius 3 is 2.52 bits per heavy atom. The Balaban J connectivity index is 2.22. The average Bonchev–Trinajstić information content (AvgIpc) is 2.79. The molecule has 0 aliphatic heterocycles. The van der Waals surface area contributed by atoms with Gasteiger partial charge in [0.15, 0.2) is 0 Å². The maximum atomic E-state index is 12.2. The number of primary sulfonamides is 1. The zero-order valence-corrected chi connectivity index (χ0v) is 13.5. The lowest BCUT2D eigenvalue weighted by Gasteiger charge is -2.08. The molecule has 0 spiro atoms. The number of carbonyl (C=O) groups excluding carboxylic acids is 1. The number of hydrogen-bond donors (Lipinski definition) is 2. The van der Waals surface area contributed by atoms with E-state index in [0.29, 0.717) is 22.4 Å². The predicted octanol–water partition coefficient (Wildman–Crippen LogP) is 1.57. The monoisotopic (exact) mass is 372 g/mol. The third-order valence-corrected chi connectivity index (χ3v) is 4.26. The fourth-order valence-corrected chi connectivity index (χ4v) is 2.74. The first-order valence-corrected chi connectivity index (χ1v) is 8.32. The highest BCUT2D eigenvalue weighted by Gasteiger charge is 2.16. The number of sulfonamides is 1. The van der Waals surface area contributed by atoms with Gasteiger partial charge in [-0.05, 0) is 47.1 Å². The summed E-state index contributed by atoms with van der Waals surface area (Å²) in [4.78, 5) is 12.2. The zero-order valence-electron chi connectivity index (χ0n) is 11.1. The molecule has 0 saturated carbocycles. The normalized spacial score (nSPS) is 11.4. The molecule has 3 N–H and O–H groups in total. The van der Waals surface area contributed by atoms with Crippen molar-refractivity contribution in [2.45, 2.75) is 18.4 Å². The lowest BCUT2D eigenvalue weighted by atomic mass is 10.3. The number of nitrogens with zero attached hydrogens (tertiary/aromatic N) is 2. The van der Waals surface area contributed by atoms with Gasteiger partial charge in [0.2, 0.25) is 10.0 Å². The number of hydrogen-bond acceptors (Lipinski definition) is 4. The molecule has 0 fully saturated rings. The summed E-state index contributed by atoms with van der Waals surface area (Å²) in [6.07, 6.45) is 1.54. The van der Waals surface area contributed by atoms with Crippen molar-refractivity contribution in [1.82, 2.24) is 9.78 Å². The van der Waals surface area contributed by atoms with Crippen LogP contribution in [0.3, 0.4) is 0 Å². The maximum Gasteiger partial charge on any atom is 0.275 e. The van der Waals surface area contributed by atoms with Crippen molar-refractivity contribution < 1.29 is 13.2 Å². The second kappa shape index (κ2) is 5.96. The number of aryl methyl sites for hydroxylation is 1. The molecule has 1 aromatic carbocycles. The minimum absolute atomic E-state index is 0.0136. The molecule has 1 amide bonds. The van der Waals surface area contributed by atoms with Gasteiger partial charge in [-0.15, -0.1) is 0 Å². The lowest BCUT2D eigenvalue weighted by Crippen LogP contribution is -2.18. The van der Waals surface area contributed by atoms with Crippen LogP contribution in [0.4, 0.5) is 5.69 Å². The molecule has 0 atom stereocenters. The molecular weight excluding hydrogens is 360 g/mol. The Morgan fingerprint density at radius 2 is 2.00 bits per heavy atom. The van der Waals surface area contributed by atoms with E-state index in [1.165, 1.54) is 24.3 Å². The van der Waals surface area contributed by atoms with Gasteiger partial charge in [-0.25, -0.2) is 13.6 Å². The van der Waals surface area contributed by atoms with Crippen LogP contribution in [0.15, 0.2) is 39.8 Å². The van der Waals surface area contributed by atoms with Gasteiger partial charge in [-0.3, -0.25) is 9.48 Å². The van der Waals surface area contributed by atoms with Crippen LogP contribution < -0.4 is 10.5 Å². The molecule has 0 bridgehead atoms. The van der Waals surface area contributed by atoms with Gasteiger partial charge >= 0.3 is 0 Å². The van der Waals surface area contributed by atoms with E-state index >= 15 is 0 Å². The van der Waals surface area contributed by atoms with E-state index in [9.17, 15) is 13.2 Å². The first-order chi connectivity index (χ1) is 9.82. The maximum absolute atomic E-state index is 12.2. The SMILES string of the molecule is CCn1ncc(Br)c1C(=O)Nc1ccc(S(N)(=O)=O)cc1. The van der Waals surface area contributed by atoms with E-state index in [2.05, 4.69) is 26.3 Å². The highest BCUT2D eigenvalue weighted by atomic mass is 79.9. The first kappa shape index (κ1) is 15.7. The summed E-state index contributed by atoms with van der Waals surface area (Å²) in [5.74, 6) is -0.343. The van der Waals surface area contributed by atoms with Gasteiger partial charge in [0.1, 0.15) is 5.69 Å². The summed E-state index contributed by atoms with van der Waals surface area (Å²) < 4.78 is 24.4. The van der Waals surface area contributed by atoms with Crippen LogP contribution in [-0.4, -0.2) is 24.1 Å². The Hall–Kier alpha value is -1.71. The summed E-state index contributed by atoms with van der Waals surface area (Å²) in [7, 11) is -3.74. The second-order valence-electron chi connectivity index (χ2n) is 4.18. The van der Waals surface area contributed by atoms with Crippen LogP contribution in [0.1, 0.15) is 17.4 Å². The summed E-state index contributed by atoms with van der Waals surface area (Å²) in [5, 5.41) is 11.7. The summed E-state index contributed by atoms with van der Waals surface area (Å²) in [5.41, 5.74) is 0.858. The van der Waals surface area contributed by atoms with Crippen LogP contribution in [0.25, 0.3) is 0 Å². The van der Waals surface area contributed by atoms with Crippen molar-refractivity contribution in [2.24, 2.45) is 5.14 Å². The highest BCUT2D eigenvalue weighted by molar-refractivity contribution is 9.10. The van der Waals surface area contributed by atoms with E-state index in [1.807, 2.05) is 6.92 Å². The van der Waals surface area contributed by atoms with E-state index in [1.54, 1.807) is 10.9 Å². The predicted molar refractivity (Wildman–Crippen MR) is 81.4 cm³/mol. The van der Waals surface area contributed by atoms with Crippen LogP contribution >= 0.6 is 15.9 Å². The molecule has 2 aromatic rings. The van der Waals surface area contributed by atoms with Crippen LogP contribution in [-0.2, 0) is 16.6 Å². The molecule has 2 rings (SSSR count). The highest BCUT2D eigenvalue weighted by Crippen LogP contribution is 2.19. The van der Waals surface area contributed by atoms with E-state index < -0.39 is 10.0 Å². The second-order valence-corrected chi connectivity index (χ2v) is 6.60.